The molecule has 21 heavy (non-hydrogen) atoms. The van der Waals surface area contributed by atoms with E-state index < -0.39 is 22.3 Å². The summed E-state index contributed by atoms with van der Waals surface area (Å²) in [5.41, 5.74) is -1.30. The fraction of sp³-hybridized carbons (Fsp3) is 0.0909. The summed E-state index contributed by atoms with van der Waals surface area (Å²) < 4.78 is 6.28. The summed E-state index contributed by atoms with van der Waals surface area (Å²) in [5.74, 6) is -1.33. The molecule has 0 aliphatic rings. The van der Waals surface area contributed by atoms with Gasteiger partial charge >= 0.3 is 11.7 Å². The van der Waals surface area contributed by atoms with Gasteiger partial charge in [0.25, 0.3) is 0 Å². The van der Waals surface area contributed by atoms with Crippen molar-refractivity contribution in [2.24, 2.45) is 0 Å². The van der Waals surface area contributed by atoms with Gasteiger partial charge < -0.3 is 9.84 Å². The van der Waals surface area contributed by atoms with E-state index in [1.54, 1.807) is 18.2 Å². The first-order valence-corrected chi connectivity index (χ1v) is 6.17. The number of hydrogen-bond donors (Lipinski definition) is 1. The Morgan fingerprint density at radius 3 is 2.52 bits per heavy atom. The highest BCUT2D eigenvalue weighted by Crippen LogP contribution is 2.32. The molecule has 0 spiro atoms. The summed E-state index contributed by atoms with van der Waals surface area (Å²) in [5, 5.41) is 23.6. The number of aromatic carboxylic acids is 1. The lowest BCUT2D eigenvalue weighted by Crippen LogP contribution is -2.08. The highest BCUT2D eigenvalue weighted by atomic mass is 35.5. The SMILES string of the molecule is O=C(O)c1nn(COc2c(Cl)cccc2Cl)cc1[N+](=O)[O-]. The number of ether oxygens (including phenoxy) is 1. The minimum absolute atomic E-state index is 0.177. The second kappa shape index (κ2) is 5.98. The molecular formula is C11H7Cl2N3O5. The predicted molar refractivity (Wildman–Crippen MR) is 72.9 cm³/mol. The molecule has 10 heteroatoms. The van der Waals surface area contributed by atoms with Crippen LogP contribution in [0.3, 0.4) is 0 Å². The summed E-state index contributed by atoms with van der Waals surface area (Å²) >= 11 is 11.8. The van der Waals surface area contributed by atoms with E-state index in [-0.39, 0.29) is 22.5 Å². The van der Waals surface area contributed by atoms with Crippen molar-refractivity contribution in [2.75, 3.05) is 0 Å². The Bertz CT molecular complexity index is 664. The number of aromatic nitrogens is 2. The number of benzene rings is 1. The lowest BCUT2D eigenvalue weighted by Gasteiger charge is -2.09. The molecule has 0 atom stereocenters. The van der Waals surface area contributed by atoms with Crippen molar-refractivity contribution in [1.29, 1.82) is 0 Å². The Labute approximate surface area is 127 Å². The number of rotatable bonds is 5. The van der Waals surface area contributed by atoms with Crippen molar-refractivity contribution in [3.63, 3.8) is 0 Å². The molecule has 110 valence electrons. The molecule has 0 unspecified atom stereocenters. The molecule has 0 saturated heterocycles. The van der Waals surface area contributed by atoms with E-state index in [0.29, 0.717) is 0 Å². The minimum atomic E-state index is -1.50. The molecule has 1 N–H and O–H groups in total. The summed E-state index contributed by atoms with van der Waals surface area (Å²) in [6.45, 7) is -0.280. The van der Waals surface area contributed by atoms with Crippen LogP contribution in [-0.2, 0) is 6.73 Å². The van der Waals surface area contributed by atoms with Gasteiger partial charge in [0.1, 0.15) is 6.20 Å². The zero-order chi connectivity index (χ0) is 15.6. The highest BCUT2D eigenvalue weighted by Gasteiger charge is 2.25. The van der Waals surface area contributed by atoms with Crippen LogP contribution in [0.1, 0.15) is 10.5 Å². The molecule has 0 saturated carbocycles. The third-order valence-corrected chi connectivity index (χ3v) is 3.00. The van der Waals surface area contributed by atoms with Gasteiger partial charge in [-0.3, -0.25) is 10.1 Å². The largest absolute Gasteiger partial charge is 0.476 e. The fourth-order valence-electron chi connectivity index (χ4n) is 1.51. The second-order valence-electron chi connectivity index (χ2n) is 3.79. The van der Waals surface area contributed by atoms with Gasteiger partial charge in [-0.2, -0.15) is 5.10 Å². The lowest BCUT2D eigenvalue weighted by molar-refractivity contribution is -0.385. The Kier molecular flexibility index (Phi) is 4.29. The van der Waals surface area contributed by atoms with Gasteiger partial charge in [0.2, 0.25) is 5.69 Å². The molecule has 2 rings (SSSR count). The Balaban J connectivity index is 2.23. The number of hydrogen-bond acceptors (Lipinski definition) is 5. The van der Waals surface area contributed by atoms with Crippen molar-refractivity contribution in [2.45, 2.75) is 6.73 Å². The molecule has 0 bridgehead atoms. The molecule has 0 radical (unpaired) electrons. The van der Waals surface area contributed by atoms with Gasteiger partial charge in [-0.1, -0.05) is 29.3 Å². The molecule has 0 aliphatic heterocycles. The van der Waals surface area contributed by atoms with Crippen LogP contribution >= 0.6 is 23.2 Å². The summed E-state index contributed by atoms with van der Waals surface area (Å²) in [6, 6.07) is 4.73. The van der Waals surface area contributed by atoms with Gasteiger partial charge in [0.15, 0.2) is 12.5 Å². The topological polar surface area (TPSA) is 107 Å². The monoisotopic (exact) mass is 331 g/mol. The van der Waals surface area contributed by atoms with Crippen LogP contribution in [-0.4, -0.2) is 25.8 Å². The maximum Gasteiger partial charge on any atom is 0.363 e. The van der Waals surface area contributed by atoms with Gasteiger partial charge in [-0.15, -0.1) is 0 Å². The molecule has 1 heterocycles. The average Bonchev–Trinajstić information content (AvgIpc) is 2.83. The molecule has 8 nitrogen and oxygen atoms in total. The Hall–Kier alpha value is -2.32. The molecule has 0 aliphatic carbocycles. The third-order valence-electron chi connectivity index (χ3n) is 2.40. The van der Waals surface area contributed by atoms with E-state index in [1.807, 2.05) is 0 Å². The molecule has 0 amide bonds. The average molecular weight is 332 g/mol. The molecular weight excluding hydrogens is 325 g/mol. The van der Waals surface area contributed by atoms with Crippen LogP contribution in [0.5, 0.6) is 5.75 Å². The van der Waals surface area contributed by atoms with Crippen LogP contribution in [0.15, 0.2) is 24.4 Å². The van der Waals surface area contributed by atoms with E-state index in [9.17, 15) is 14.9 Å². The first-order valence-electron chi connectivity index (χ1n) is 5.42. The smallest absolute Gasteiger partial charge is 0.363 e. The Morgan fingerprint density at radius 2 is 2.05 bits per heavy atom. The number of carbonyl (C=O) groups is 1. The summed E-state index contributed by atoms with van der Waals surface area (Å²) in [6.07, 6.45) is 0.953. The van der Waals surface area contributed by atoms with E-state index in [0.717, 1.165) is 10.9 Å². The summed E-state index contributed by atoms with van der Waals surface area (Å²) in [4.78, 5) is 20.7. The number of nitro groups is 1. The van der Waals surface area contributed by atoms with Crippen molar-refractivity contribution < 1.29 is 19.6 Å². The van der Waals surface area contributed by atoms with Crippen molar-refractivity contribution in [1.82, 2.24) is 9.78 Å². The van der Waals surface area contributed by atoms with Crippen molar-refractivity contribution in [3.8, 4) is 5.75 Å². The molecule has 0 fully saturated rings. The maximum atomic E-state index is 10.9. The zero-order valence-electron chi connectivity index (χ0n) is 10.2. The first kappa shape index (κ1) is 15.1. The van der Waals surface area contributed by atoms with Crippen molar-refractivity contribution >= 4 is 34.9 Å². The first-order chi connectivity index (χ1) is 9.90. The number of carboxylic acids is 1. The van der Waals surface area contributed by atoms with Crippen LogP contribution in [0.2, 0.25) is 10.0 Å². The van der Waals surface area contributed by atoms with Gasteiger partial charge in [0, 0.05) is 0 Å². The summed E-state index contributed by atoms with van der Waals surface area (Å²) in [7, 11) is 0. The number of carboxylic acid groups (broad SMARTS) is 1. The normalized spacial score (nSPS) is 10.4. The van der Waals surface area contributed by atoms with E-state index in [1.165, 1.54) is 0 Å². The quantitative estimate of drug-likeness (QED) is 0.666. The van der Waals surface area contributed by atoms with Crippen molar-refractivity contribution in [3.05, 3.63) is 50.2 Å². The van der Waals surface area contributed by atoms with Gasteiger partial charge in [-0.05, 0) is 12.1 Å². The van der Waals surface area contributed by atoms with E-state index in [2.05, 4.69) is 5.10 Å². The van der Waals surface area contributed by atoms with Crippen LogP contribution in [0.25, 0.3) is 0 Å². The third kappa shape index (κ3) is 3.23. The number of nitrogens with zero attached hydrogens (tertiary/aromatic N) is 3. The number of para-hydroxylation sites is 1. The van der Waals surface area contributed by atoms with Crippen LogP contribution in [0, 0.1) is 10.1 Å². The fourth-order valence-corrected chi connectivity index (χ4v) is 2.02. The molecule has 1 aromatic carbocycles. The van der Waals surface area contributed by atoms with Crippen LogP contribution in [0.4, 0.5) is 5.69 Å². The lowest BCUT2D eigenvalue weighted by atomic mass is 10.3. The number of halogens is 2. The van der Waals surface area contributed by atoms with Crippen LogP contribution < -0.4 is 4.74 Å². The second-order valence-corrected chi connectivity index (χ2v) is 4.60. The zero-order valence-corrected chi connectivity index (χ0v) is 11.7. The van der Waals surface area contributed by atoms with E-state index in [4.69, 9.17) is 33.0 Å². The maximum absolute atomic E-state index is 10.9. The molecule has 2 aromatic rings. The highest BCUT2D eigenvalue weighted by molar-refractivity contribution is 6.37. The minimum Gasteiger partial charge on any atom is -0.476 e. The van der Waals surface area contributed by atoms with E-state index >= 15 is 0 Å². The van der Waals surface area contributed by atoms with Gasteiger partial charge in [-0.25, -0.2) is 9.48 Å². The van der Waals surface area contributed by atoms with Gasteiger partial charge in [0.05, 0.1) is 15.0 Å². The standard InChI is InChI=1S/C11H7Cl2N3O5/c12-6-2-1-3-7(13)10(6)21-5-15-4-8(16(19)20)9(14-15)11(17)18/h1-4H,5H2,(H,17,18). The molecule has 1 aromatic heterocycles. The predicted octanol–water partition coefficient (Wildman–Crippen LogP) is 2.83. The Morgan fingerprint density at radius 1 is 1.43 bits per heavy atom.